The zero-order chi connectivity index (χ0) is 14.0. The van der Waals surface area contributed by atoms with Crippen LogP contribution in [0.2, 0.25) is 0 Å². The van der Waals surface area contributed by atoms with Crippen LogP contribution in [0.25, 0.3) is 10.8 Å². The van der Waals surface area contributed by atoms with Gasteiger partial charge in [0.05, 0.1) is 0 Å². The topological polar surface area (TPSA) is 0 Å². The Morgan fingerprint density at radius 2 is 1.50 bits per heavy atom. The van der Waals surface area contributed by atoms with E-state index < -0.39 is 0 Å². The minimum Gasteiger partial charge on any atom is -0.0654 e. The van der Waals surface area contributed by atoms with Crippen LogP contribution in [-0.4, -0.2) is 0 Å². The lowest BCUT2D eigenvalue weighted by Gasteiger charge is -2.06. The molecule has 0 unspecified atom stereocenters. The maximum atomic E-state index is 3.32. The molecule has 0 N–H and O–H groups in total. The van der Waals surface area contributed by atoms with Crippen molar-refractivity contribution in [3.05, 3.63) is 48.0 Å². The third kappa shape index (κ3) is 4.67. The van der Waals surface area contributed by atoms with Gasteiger partial charge in [-0.05, 0) is 35.2 Å². The molecule has 1 radical (unpaired) electrons. The van der Waals surface area contributed by atoms with Crippen LogP contribution in [0.5, 0.6) is 0 Å². The standard InChI is InChI=1S/C20H27/c1-2-3-4-5-6-7-8-9-13-18-15-12-16-19-14-10-11-17-20(18)19/h10-12,14-15,17H,2-9,13H2,1H3. The monoisotopic (exact) mass is 267 g/mol. The smallest absolute Gasteiger partial charge is 0.00990 e. The second-order valence-electron chi connectivity index (χ2n) is 5.77. The quantitative estimate of drug-likeness (QED) is 0.466. The number of fused-ring (bicyclic) bond motifs is 1. The number of aryl methyl sites for hydroxylation is 1. The summed E-state index contributed by atoms with van der Waals surface area (Å²) in [6.45, 7) is 2.28. The molecule has 107 valence electrons. The fraction of sp³-hybridized carbons (Fsp3) is 0.500. The van der Waals surface area contributed by atoms with Gasteiger partial charge in [0.25, 0.3) is 0 Å². The van der Waals surface area contributed by atoms with Gasteiger partial charge in [0.2, 0.25) is 0 Å². The predicted octanol–water partition coefficient (Wildman–Crippen LogP) is 6.32. The average molecular weight is 267 g/mol. The van der Waals surface area contributed by atoms with Crippen molar-refractivity contribution in [3.63, 3.8) is 0 Å². The van der Waals surface area contributed by atoms with Crippen LogP contribution < -0.4 is 0 Å². The third-order valence-corrected chi connectivity index (χ3v) is 4.10. The van der Waals surface area contributed by atoms with Crippen LogP contribution in [0.4, 0.5) is 0 Å². The van der Waals surface area contributed by atoms with E-state index in [9.17, 15) is 0 Å². The third-order valence-electron chi connectivity index (χ3n) is 4.10. The molecule has 20 heavy (non-hydrogen) atoms. The Morgan fingerprint density at radius 3 is 2.30 bits per heavy atom. The first-order valence-corrected chi connectivity index (χ1v) is 8.30. The highest BCUT2D eigenvalue weighted by Crippen LogP contribution is 2.20. The SMILES string of the molecule is CCCCCCCCCCc1cc[c]c2ccccc12. The second-order valence-corrected chi connectivity index (χ2v) is 5.77. The van der Waals surface area contributed by atoms with Crippen molar-refractivity contribution >= 4 is 10.8 Å². The Labute approximate surface area is 124 Å². The summed E-state index contributed by atoms with van der Waals surface area (Å²) in [4.78, 5) is 0. The number of hydrogen-bond donors (Lipinski definition) is 0. The fourth-order valence-corrected chi connectivity index (χ4v) is 2.88. The Kier molecular flexibility index (Phi) is 6.63. The Balaban J connectivity index is 1.71. The Morgan fingerprint density at radius 1 is 0.800 bits per heavy atom. The largest absolute Gasteiger partial charge is 0.0654 e. The average Bonchev–Trinajstić information content (AvgIpc) is 2.50. The number of benzene rings is 2. The zero-order valence-corrected chi connectivity index (χ0v) is 12.8. The highest BCUT2D eigenvalue weighted by molar-refractivity contribution is 5.85. The van der Waals surface area contributed by atoms with E-state index in [1.165, 1.54) is 74.1 Å². The molecule has 0 nitrogen and oxygen atoms in total. The normalized spacial score (nSPS) is 11.1. The van der Waals surface area contributed by atoms with E-state index in [0.717, 1.165) is 0 Å². The molecule has 0 atom stereocenters. The summed E-state index contributed by atoms with van der Waals surface area (Å²) >= 11 is 0. The lowest BCUT2D eigenvalue weighted by Crippen LogP contribution is -1.88. The molecule has 0 fully saturated rings. The van der Waals surface area contributed by atoms with Crippen LogP contribution in [-0.2, 0) is 6.42 Å². The highest BCUT2D eigenvalue weighted by atomic mass is 14.0. The van der Waals surface area contributed by atoms with Crippen LogP contribution in [0.15, 0.2) is 36.4 Å². The van der Waals surface area contributed by atoms with Gasteiger partial charge in [-0.15, -0.1) is 0 Å². The number of hydrogen-bond acceptors (Lipinski definition) is 0. The number of rotatable bonds is 9. The van der Waals surface area contributed by atoms with Crippen molar-refractivity contribution < 1.29 is 0 Å². The molecule has 2 aromatic carbocycles. The summed E-state index contributed by atoms with van der Waals surface area (Å²) in [5.74, 6) is 0. The minimum atomic E-state index is 1.21. The van der Waals surface area contributed by atoms with Gasteiger partial charge in [0.15, 0.2) is 0 Å². The van der Waals surface area contributed by atoms with E-state index in [4.69, 9.17) is 0 Å². The van der Waals surface area contributed by atoms with Crippen LogP contribution in [0.3, 0.4) is 0 Å². The Hall–Kier alpha value is -1.30. The highest BCUT2D eigenvalue weighted by Gasteiger charge is 2.00. The summed E-state index contributed by atoms with van der Waals surface area (Å²) < 4.78 is 0. The maximum Gasteiger partial charge on any atom is -0.00990 e. The van der Waals surface area contributed by atoms with E-state index in [1.807, 2.05) is 0 Å². The van der Waals surface area contributed by atoms with Gasteiger partial charge in [-0.25, -0.2) is 0 Å². The summed E-state index contributed by atoms with van der Waals surface area (Å²) in [7, 11) is 0. The van der Waals surface area contributed by atoms with Gasteiger partial charge >= 0.3 is 0 Å². The molecule has 2 rings (SSSR count). The van der Waals surface area contributed by atoms with Crippen molar-refractivity contribution in [2.75, 3.05) is 0 Å². The molecule has 2 aromatic rings. The molecule has 0 heterocycles. The minimum absolute atomic E-state index is 1.21. The summed E-state index contributed by atoms with van der Waals surface area (Å²) in [6, 6.07) is 16.2. The first kappa shape index (κ1) is 15.1. The van der Waals surface area contributed by atoms with Gasteiger partial charge in [-0.2, -0.15) is 0 Å². The van der Waals surface area contributed by atoms with Crippen molar-refractivity contribution in [2.24, 2.45) is 0 Å². The summed E-state index contributed by atoms with van der Waals surface area (Å²) in [5, 5.41) is 2.64. The van der Waals surface area contributed by atoms with Crippen LogP contribution in [0, 0.1) is 6.07 Å². The van der Waals surface area contributed by atoms with Crippen molar-refractivity contribution in [1.82, 2.24) is 0 Å². The molecule has 0 amide bonds. The zero-order valence-electron chi connectivity index (χ0n) is 12.8. The first-order chi connectivity index (χ1) is 9.92. The van der Waals surface area contributed by atoms with Gasteiger partial charge in [0, 0.05) is 0 Å². The van der Waals surface area contributed by atoms with E-state index >= 15 is 0 Å². The molecule has 0 saturated carbocycles. The van der Waals surface area contributed by atoms with Crippen LogP contribution in [0.1, 0.15) is 63.9 Å². The van der Waals surface area contributed by atoms with E-state index in [-0.39, 0.29) is 0 Å². The van der Waals surface area contributed by atoms with E-state index in [0.29, 0.717) is 0 Å². The molecule has 0 aliphatic carbocycles. The van der Waals surface area contributed by atoms with Crippen molar-refractivity contribution in [3.8, 4) is 0 Å². The molecular weight excluding hydrogens is 240 g/mol. The molecule has 0 aliphatic rings. The number of unbranched alkanes of at least 4 members (excludes halogenated alkanes) is 7. The molecule has 0 spiro atoms. The van der Waals surface area contributed by atoms with Gasteiger partial charge in [-0.1, -0.05) is 88.3 Å². The second kappa shape index (κ2) is 8.79. The molecule has 0 heteroatoms. The van der Waals surface area contributed by atoms with Crippen molar-refractivity contribution in [2.45, 2.75) is 64.7 Å². The Bertz CT molecular complexity index is 493. The fourth-order valence-electron chi connectivity index (χ4n) is 2.88. The molecule has 0 aromatic heterocycles. The maximum absolute atomic E-state index is 3.32. The lowest BCUT2D eigenvalue weighted by molar-refractivity contribution is 0.576. The summed E-state index contributed by atoms with van der Waals surface area (Å²) in [5.41, 5.74) is 1.49. The molecule has 0 aliphatic heterocycles. The van der Waals surface area contributed by atoms with Gasteiger partial charge < -0.3 is 0 Å². The van der Waals surface area contributed by atoms with E-state index in [1.54, 1.807) is 0 Å². The van der Waals surface area contributed by atoms with Gasteiger partial charge in [0.1, 0.15) is 0 Å². The lowest BCUT2D eigenvalue weighted by atomic mass is 9.99. The molecule has 0 bridgehead atoms. The van der Waals surface area contributed by atoms with E-state index in [2.05, 4.69) is 49.4 Å². The van der Waals surface area contributed by atoms with Gasteiger partial charge in [-0.3, -0.25) is 0 Å². The first-order valence-electron chi connectivity index (χ1n) is 8.30. The predicted molar refractivity (Wildman–Crippen MR) is 89.1 cm³/mol. The molecular formula is C20H27. The summed E-state index contributed by atoms with van der Waals surface area (Å²) in [6.07, 6.45) is 12.3. The van der Waals surface area contributed by atoms with Crippen LogP contribution >= 0.6 is 0 Å². The molecule has 0 saturated heterocycles. The van der Waals surface area contributed by atoms with Crippen molar-refractivity contribution in [1.29, 1.82) is 0 Å².